The molecule has 1 aliphatic rings. The largest absolute Gasteiger partial charge is 0.465 e. The molecule has 0 aliphatic carbocycles. The van der Waals surface area contributed by atoms with Crippen molar-refractivity contribution in [1.82, 2.24) is 4.98 Å². The average molecular weight is 467 g/mol. The van der Waals surface area contributed by atoms with Gasteiger partial charge in [0.1, 0.15) is 11.8 Å². The third-order valence-electron chi connectivity index (χ3n) is 5.11. The molecule has 2 aromatic carbocycles. The number of nitrogens with zero attached hydrogens (tertiary/aromatic N) is 2. The van der Waals surface area contributed by atoms with Crippen molar-refractivity contribution < 1.29 is 14.4 Å². The van der Waals surface area contributed by atoms with Gasteiger partial charge >= 0.3 is 5.97 Å². The highest BCUT2D eigenvalue weighted by molar-refractivity contribution is 9.10. The van der Waals surface area contributed by atoms with E-state index in [9.17, 15) is 4.79 Å². The van der Waals surface area contributed by atoms with Crippen LogP contribution in [0.4, 0.5) is 0 Å². The monoisotopic (exact) mass is 466 g/mol. The average Bonchev–Trinajstić information content (AvgIpc) is 3.21. The summed E-state index contributed by atoms with van der Waals surface area (Å²) >= 11 is 3.38. The minimum absolute atomic E-state index is 0.0142. The molecule has 30 heavy (non-hydrogen) atoms. The van der Waals surface area contributed by atoms with Gasteiger partial charge in [0.05, 0.1) is 18.7 Å². The van der Waals surface area contributed by atoms with Crippen molar-refractivity contribution in [2.45, 2.75) is 32.3 Å². The molecule has 2 unspecified atom stereocenters. The van der Waals surface area contributed by atoms with Crippen LogP contribution in [0.1, 0.15) is 31.0 Å². The van der Waals surface area contributed by atoms with Gasteiger partial charge < -0.3 is 9.57 Å². The summed E-state index contributed by atoms with van der Waals surface area (Å²) in [6.07, 6.45) is 3.50. The number of pyridine rings is 1. The number of carbonyl (C=O) groups is 1. The number of hydrogen-bond acceptors (Lipinski definition) is 5. The lowest BCUT2D eigenvalue weighted by Gasteiger charge is -2.15. The molecule has 6 heteroatoms. The Morgan fingerprint density at radius 2 is 2.03 bits per heavy atom. The molecule has 1 aliphatic heterocycles. The van der Waals surface area contributed by atoms with Crippen molar-refractivity contribution in [2.75, 3.05) is 6.61 Å². The SMILES string of the molecule is CC(COC(=O)Cc1ccc2ccccc2c1)CC1CC(c2ccc(Br)cn2)=NO1. The van der Waals surface area contributed by atoms with Crippen LogP contribution in [0.5, 0.6) is 0 Å². The maximum Gasteiger partial charge on any atom is 0.310 e. The normalized spacial score (nSPS) is 16.7. The van der Waals surface area contributed by atoms with E-state index in [0.29, 0.717) is 13.0 Å². The number of benzene rings is 2. The van der Waals surface area contributed by atoms with Crippen molar-refractivity contribution >= 4 is 38.4 Å². The second-order valence-corrected chi connectivity index (χ2v) is 8.63. The van der Waals surface area contributed by atoms with Crippen LogP contribution < -0.4 is 0 Å². The van der Waals surface area contributed by atoms with Gasteiger partial charge in [0.2, 0.25) is 0 Å². The number of aromatic nitrogens is 1. The molecule has 0 saturated carbocycles. The van der Waals surface area contributed by atoms with E-state index in [0.717, 1.165) is 33.2 Å². The summed E-state index contributed by atoms with van der Waals surface area (Å²) in [6.45, 7) is 2.43. The Bertz CT molecular complexity index is 1070. The standard InChI is InChI=1S/C24H23BrN2O3/c1-16(10-21-13-23(27-30-21)22-9-8-20(25)14-26-22)15-29-24(28)12-17-6-7-18-4-2-3-5-19(18)11-17/h2-9,11,14,16,21H,10,12-13,15H2,1H3. The Balaban J connectivity index is 1.22. The molecule has 0 N–H and O–H groups in total. The highest BCUT2D eigenvalue weighted by Gasteiger charge is 2.25. The third-order valence-corrected chi connectivity index (χ3v) is 5.58. The molecule has 1 aromatic heterocycles. The van der Waals surface area contributed by atoms with Gasteiger partial charge in [-0.25, -0.2) is 0 Å². The van der Waals surface area contributed by atoms with Gasteiger partial charge in [-0.1, -0.05) is 54.5 Å². The second kappa shape index (κ2) is 9.39. The number of fused-ring (bicyclic) bond motifs is 1. The smallest absolute Gasteiger partial charge is 0.310 e. The molecule has 0 fully saturated rings. The van der Waals surface area contributed by atoms with Crippen LogP contribution in [0.15, 0.2) is 70.4 Å². The molecule has 0 saturated heterocycles. The van der Waals surface area contributed by atoms with Crippen molar-refractivity contribution in [3.63, 3.8) is 0 Å². The first-order valence-corrected chi connectivity index (χ1v) is 10.8. The molecule has 3 aromatic rings. The predicted molar refractivity (Wildman–Crippen MR) is 120 cm³/mol. The van der Waals surface area contributed by atoms with E-state index in [2.05, 4.69) is 39.1 Å². The van der Waals surface area contributed by atoms with E-state index in [1.54, 1.807) is 6.20 Å². The summed E-state index contributed by atoms with van der Waals surface area (Å²) in [5.74, 6) is -0.0246. The van der Waals surface area contributed by atoms with E-state index in [1.165, 1.54) is 5.39 Å². The van der Waals surface area contributed by atoms with Crippen LogP contribution in [-0.4, -0.2) is 29.4 Å². The summed E-state index contributed by atoms with van der Waals surface area (Å²) in [6, 6.07) is 18.0. The Hall–Kier alpha value is -2.73. The number of hydrogen-bond donors (Lipinski definition) is 0. The summed E-state index contributed by atoms with van der Waals surface area (Å²) in [7, 11) is 0. The fourth-order valence-corrected chi connectivity index (χ4v) is 3.81. The van der Waals surface area contributed by atoms with Crippen LogP contribution in [-0.2, 0) is 20.8 Å². The maximum atomic E-state index is 12.3. The van der Waals surface area contributed by atoms with Gasteiger partial charge in [-0.15, -0.1) is 0 Å². The molecule has 0 radical (unpaired) electrons. The van der Waals surface area contributed by atoms with E-state index in [1.807, 2.05) is 48.5 Å². The molecular formula is C24H23BrN2O3. The zero-order valence-corrected chi connectivity index (χ0v) is 18.3. The summed E-state index contributed by atoms with van der Waals surface area (Å²) in [5, 5.41) is 6.47. The lowest BCUT2D eigenvalue weighted by atomic mass is 10.00. The highest BCUT2D eigenvalue weighted by Crippen LogP contribution is 2.22. The van der Waals surface area contributed by atoms with Gasteiger partial charge in [-0.3, -0.25) is 9.78 Å². The van der Waals surface area contributed by atoms with Crippen molar-refractivity contribution in [3.8, 4) is 0 Å². The number of oxime groups is 1. The molecular weight excluding hydrogens is 444 g/mol. The van der Waals surface area contributed by atoms with Crippen LogP contribution >= 0.6 is 15.9 Å². The van der Waals surface area contributed by atoms with Crippen LogP contribution in [0.3, 0.4) is 0 Å². The van der Waals surface area contributed by atoms with Crippen molar-refractivity contribution in [3.05, 3.63) is 76.5 Å². The lowest BCUT2D eigenvalue weighted by Crippen LogP contribution is -2.19. The third kappa shape index (κ3) is 5.25. The number of carbonyl (C=O) groups excluding carboxylic acids is 1. The minimum atomic E-state index is -0.208. The van der Waals surface area contributed by atoms with Gasteiger partial charge in [0.15, 0.2) is 0 Å². The van der Waals surface area contributed by atoms with Crippen LogP contribution in [0.2, 0.25) is 0 Å². The fraction of sp³-hybridized carbons (Fsp3) is 0.292. The second-order valence-electron chi connectivity index (χ2n) is 7.71. The van der Waals surface area contributed by atoms with E-state index >= 15 is 0 Å². The van der Waals surface area contributed by atoms with Gasteiger partial charge in [0.25, 0.3) is 0 Å². The molecule has 2 atom stereocenters. The highest BCUT2D eigenvalue weighted by atomic mass is 79.9. The first-order valence-electron chi connectivity index (χ1n) is 10.0. The first kappa shape index (κ1) is 20.5. The minimum Gasteiger partial charge on any atom is -0.465 e. The Kier molecular flexibility index (Phi) is 6.43. The lowest BCUT2D eigenvalue weighted by molar-refractivity contribution is -0.144. The van der Waals surface area contributed by atoms with Gasteiger partial charge in [-0.2, -0.15) is 0 Å². The van der Waals surface area contributed by atoms with E-state index < -0.39 is 0 Å². The Morgan fingerprint density at radius 3 is 2.83 bits per heavy atom. The molecule has 0 amide bonds. The number of esters is 1. The molecule has 2 heterocycles. The Morgan fingerprint density at radius 1 is 1.20 bits per heavy atom. The fourth-order valence-electron chi connectivity index (χ4n) is 3.57. The van der Waals surface area contributed by atoms with Crippen molar-refractivity contribution in [1.29, 1.82) is 0 Å². The molecule has 4 rings (SSSR count). The zero-order chi connectivity index (χ0) is 20.9. The molecule has 0 spiro atoms. The zero-order valence-electron chi connectivity index (χ0n) is 16.8. The van der Waals surface area contributed by atoms with E-state index in [-0.39, 0.29) is 24.4 Å². The van der Waals surface area contributed by atoms with E-state index in [4.69, 9.17) is 9.57 Å². The maximum absolute atomic E-state index is 12.3. The van der Waals surface area contributed by atoms with Crippen LogP contribution in [0, 0.1) is 5.92 Å². The molecule has 154 valence electrons. The summed E-state index contributed by atoms with van der Waals surface area (Å²) in [5.41, 5.74) is 2.65. The van der Waals surface area contributed by atoms with Crippen molar-refractivity contribution in [2.24, 2.45) is 11.1 Å². The summed E-state index contributed by atoms with van der Waals surface area (Å²) < 4.78 is 6.44. The summed E-state index contributed by atoms with van der Waals surface area (Å²) in [4.78, 5) is 22.2. The van der Waals surface area contributed by atoms with Crippen LogP contribution in [0.25, 0.3) is 10.8 Å². The predicted octanol–water partition coefficient (Wildman–Crippen LogP) is 5.30. The van der Waals surface area contributed by atoms with Gasteiger partial charge in [0, 0.05) is 17.1 Å². The quantitative estimate of drug-likeness (QED) is 0.443. The molecule has 5 nitrogen and oxygen atoms in total. The number of halogens is 1. The number of ether oxygens (including phenoxy) is 1. The molecule has 0 bridgehead atoms. The Labute approximate surface area is 184 Å². The topological polar surface area (TPSA) is 60.8 Å². The van der Waals surface area contributed by atoms with Gasteiger partial charge in [-0.05, 0) is 56.7 Å². The first-order chi connectivity index (χ1) is 14.6. The number of rotatable bonds is 7.